The van der Waals surface area contributed by atoms with Crippen molar-refractivity contribution in [1.29, 1.82) is 0 Å². The van der Waals surface area contributed by atoms with Crippen molar-refractivity contribution in [2.24, 2.45) is 5.92 Å². The molecule has 1 unspecified atom stereocenters. The van der Waals surface area contributed by atoms with Crippen LogP contribution in [0.3, 0.4) is 0 Å². The van der Waals surface area contributed by atoms with E-state index in [0.29, 0.717) is 12.0 Å². The first kappa shape index (κ1) is 12.1. The summed E-state index contributed by atoms with van der Waals surface area (Å²) in [6.07, 6.45) is 1.06. The van der Waals surface area contributed by atoms with E-state index in [1.54, 1.807) is 0 Å². The lowest BCUT2D eigenvalue weighted by atomic mass is 10.1. The summed E-state index contributed by atoms with van der Waals surface area (Å²) in [5.74, 6) is 0.707. The second-order valence-corrected chi connectivity index (χ2v) is 4.65. The molecule has 3 N–H and O–H groups in total. The molecule has 1 rings (SSSR count). The third-order valence-electron chi connectivity index (χ3n) is 2.40. The molecular formula is C13H22N2. The van der Waals surface area contributed by atoms with Crippen LogP contribution in [0, 0.1) is 5.92 Å². The van der Waals surface area contributed by atoms with Crippen molar-refractivity contribution < 1.29 is 0 Å². The summed E-state index contributed by atoms with van der Waals surface area (Å²) in [6, 6.07) is 8.65. The molecule has 0 bridgehead atoms. The number of rotatable bonds is 5. The van der Waals surface area contributed by atoms with E-state index >= 15 is 0 Å². The summed E-state index contributed by atoms with van der Waals surface area (Å²) >= 11 is 0. The first-order chi connectivity index (χ1) is 7.08. The lowest BCUT2D eigenvalue weighted by molar-refractivity contribution is 0.482. The minimum absolute atomic E-state index is 0.524. The van der Waals surface area contributed by atoms with Crippen molar-refractivity contribution in [3.63, 3.8) is 0 Å². The lowest BCUT2D eigenvalue weighted by Crippen LogP contribution is -2.31. The van der Waals surface area contributed by atoms with Gasteiger partial charge in [0.15, 0.2) is 0 Å². The number of hydrogen-bond donors (Lipinski definition) is 2. The molecule has 2 nitrogen and oxygen atoms in total. The maximum Gasteiger partial charge on any atom is 0.0314 e. The van der Waals surface area contributed by atoms with Gasteiger partial charge in [-0.25, -0.2) is 0 Å². The van der Waals surface area contributed by atoms with Gasteiger partial charge < -0.3 is 11.1 Å². The molecular weight excluding hydrogens is 184 g/mol. The van der Waals surface area contributed by atoms with Crippen LogP contribution < -0.4 is 11.1 Å². The summed E-state index contributed by atoms with van der Waals surface area (Å²) in [7, 11) is 0. The molecule has 0 saturated carbocycles. The molecule has 0 aliphatic heterocycles. The van der Waals surface area contributed by atoms with Gasteiger partial charge >= 0.3 is 0 Å². The topological polar surface area (TPSA) is 38.0 Å². The molecule has 1 aromatic carbocycles. The Hall–Kier alpha value is -1.02. The van der Waals surface area contributed by atoms with Crippen LogP contribution in [0.5, 0.6) is 0 Å². The third kappa shape index (κ3) is 4.84. The Morgan fingerprint density at radius 1 is 1.13 bits per heavy atom. The van der Waals surface area contributed by atoms with Gasteiger partial charge in [-0.05, 0) is 43.5 Å². The number of benzene rings is 1. The van der Waals surface area contributed by atoms with E-state index in [0.717, 1.165) is 18.7 Å². The van der Waals surface area contributed by atoms with E-state index in [-0.39, 0.29) is 0 Å². The van der Waals surface area contributed by atoms with Gasteiger partial charge in [0.2, 0.25) is 0 Å². The Bertz CT molecular complexity index is 277. The van der Waals surface area contributed by atoms with Crippen molar-refractivity contribution in [3.8, 4) is 0 Å². The van der Waals surface area contributed by atoms with E-state index < -0.39 is 0 Å². The number of hydrogen-bond acceptors (Lipinski definition) is 2. The van der Waals surface area contributed by atoms with Gasteiger partial charge in [-0.1, -0.05) is 26.0 Å². The fraction of sp³-hybridized carbons (Fsp3) is 0.538. The number of nitrogens with two attached hydrogens (primary N) is 1. The van der Waals surface area contributed by atoms with Crippen molar-refractivity contribution in [1.82, 2.24) is 5.32 Å². The van der Waals surface area contributed by atoms with Gasteiger partial charge in [0, 0.05) is 11.7 Å². The predicted molar refractivity (Wildman–Crippen MR) is 66.9 cm³/mol. The molecule has 1 atom stereocenters. The minimum atomic E-state index is 0.524. The van der Waals surface area contributed by atoms with Crippen LogP contribution in [0.1, 0.15) is 26.3 Å². The molecule has 2 heteroatoms. The molecule has 0 amide bonds. The predicted octanol–water partition coefficient (Wildman–Crippen LogP) is 2.45. The van der Waals surface area contributed by atoms with Gasteiger partial charge in [-0.3, -0.25) is 0 Å². The summed E-state index contributed by atoms with van der Waals surface area (Å²) in [5, 5.41) is 3.51. The maximum atomic E-state index is 5.64. The second kappa shape index (κ2) is 5.76. The molecule has 0 fully saturated rings. The number of nitrogens with one attached hydrogen (secondary N) is 1. The molecule has 0 saturated heterocycles. The molecule has 1 aromatic rings. The fourth-order valence-corrected chi connectivity index (χ4v) is 1.52. The number of nitrogen functional groups attached to an aromatic ring is 1. The molecule has 0 radical (unpaired) electrons. The van der Waals surface area contributed by atoms with Crippen LogP contribution >= 0.6 is 0 Å². The Morgan fingerprint density at radius 3 is 2.27 bits per heavy atom. The highest BCUT2D eigenvalue weighted by molar-refractivity contribution is 5.39. The Morgan fingerprint density at radius 2 is 1.73 bits per heavy atom. The van der Waals surface area contributed by atoms with E-state index in [9.17, 15) is 0 Å². The summed E-state index contributed by atoms with van der Waals surface area (Å²) < 4.78 is 0. The minimum Gasteiger partial charge on any atom is -0.399 e. The van der Waals surface area contributed by atoms with Crippen LogP contribution in [0.15, 0.2) is 24.3 Å². The van der Waals surface area contributed by atoms with E-state index in [4.69, 9.17) is 5.73 Å². The molecule has 0 aromatic heterocycles. The Kier molecular flexibility index (Phi) is 4.63. The molecule has 0 aliphatic carbocycles. The van der Waals surface area contributed by atoms with E-state index in [2.05, 4.69) is 38.2 Å². The SMILES string of the molecule is CC(C)CNC(C)Cc1ccc(N)cc1. The average Bonchev–Trinajstić information content (AvgIpc) is 2.19. The summed E-state index contributed by atoms with van der Waals surface area (Å²) in [4.78, 5) is 0. The van der Waals surface area contributed by atoms with Crippen molar-refractivity contribution in [3.05, 3.63) is 29.8 Å². The molecule has 0 aliphatic rings. The van der Waals surface area contributed by atoms with E-state index in [1.807, 2.05) is 12.1 Å². The molecule has 15 heavy (non-hydrogen) atoms. The Balaban J connectivity index is 2.37. The zero-order valence-electron chi connectivity index (χ0n) is 9.96. The smallest absolute Gasteiger partial charge is 0.0314 e. The molecule has 0 heterocycles. The van der Waals surface area contributed by atoms with Crippen LogP contribution in [0.2, 0.25) is 0 Å². The van der Waals surface area contributed by atoms with Crippen molar-refractivity contribution in [2.45, 2.75) is 33.2 Å². The van der Waals surface area contributed by atoms with Gasteiger partial charge in [-0.2, -0.15) is 0 Å². The molecule has 0 spiro atoms. The van der Waals surface area contributed by atoms with Crippen molar-refractivity contribution in [2.75, 3.05) is 12.3 Å². The number of anilines is 1. The fourth-order valence-electron chi connectivity index (χ4n) is 1.52. The van der Waals surface area contributed by atoms with Crippen LogP contribution in [0.25, 0.3) is 0 Å². The van der Waals surface area contributed by atoms with Gasteiger partial charge in [-0.15, -0.1) is 0 Å². The zero-order chi connectivity index (χ0) is 11.3. The highest BCUT2D eigenvalue weighted by Gasteiger charge is 2.03. The van der Waals surface area contributed by atoms with E-state index in [1.165, 1.54) is 5.56 Å². The van der Waals surface area contributed by atoms with Crippen molar-refractivity contribution >= 4 is 5.69 Å². The highest BCUT2D eigenvalue weighted by Crippen LogP contribution is 2.07. The molecule has 84 valence electrons. The average molecular weight is 206 g/mol. The Labute approximate surface area is 92.9 Å². The van der Waals surface area contributed by atoms with Gasteiger partial charge in [0.25, 0.3) is 0 Å². The van der Waals surface area contributed by atoms with Crippen LogP contribution in [-0.4, -0.2) is 12.6 Å². The maximum absolute atomic E-state index is 5.64. The normalized spacial score (nSPS) is 13.1. The highest BCUT2D eigenvalue weighted by atomic mass is 14.9. The largest absolute Gasteiger partial charge is 0.399 e. The van der Waals surface area contributed by atoms with Gasteiger partial charge in [0.1, 0.15) is 0 Å². The standard InChI is InChI=1S/C13H22N2/c1-10(2)9-15-11(3)8-12-4-6-13(14)7-5-12/h4-7,10-11,15H,8-9,14H2,1-3H3. The summed E-state index contributed by atoms with van der Waals surface area (Å²) in [5.41, 5.74) is 7.82. The monoisotopic (exact) mass is 206 g/mol. The van der Waals surface area contributed by atoms with Crippen LogP contribution in [0.4, 0.5) is 5.69 Å². The zero-order valence-corrected chi connectivity index (χ0v) is 9.96. The first-order valence-corrected chi connectivity index (χ1v) is 5.65. The quantitative estimate of drug-likeness (QED) is 0.726. The first-order valence-electron chi connectivity index (χ1n) is 5.65. The van der Waals surface area contributed by atoms with Crippen LogP contribution in [-0.2, 0) is 6.42 Å². The van der Waals surface area contributed by atoms with Gasteiger partial charge in [0.05, 0.1) is 0 Å². The summed E-state index contributed by atoms with van der Waals surface area (Å²) in [6.45, 7) is 7.75. The second-order valence-electron chi connectivity index (χ2n) is 4.65. The third-order valence-corrected chi connectivity index (χ3v) is 2.40. The lowest BCUT2D eigenvalue weighted by Gasteiger charge is -2.15.